The number of fused-ring (bicyclic) bond motifs is 1. The lowest BCUT2D eigenvalue weighted by Gasteiger charge is -2.24. The van der Waals surface area contributed by atoms with E-state index in [9.17, 15) is 14.0 Å². The number of amides is 2. The van der Waals surface area contributed by atoms with Gasteiger partial charge in [-0.05, 0) is 42.2 Å². The van der Waals surface area contributed by atoms with Crippen molar-refractivity contribution in [2.45, 2.75) is 25.8 Å². The first-order valence-corrected chi connectivity index (χ1v) is 8.02. The Bertz CT molecular complexity index is 743. The van der Waals surface area contributed by atoms with Crippen molar-refractivity contribution in [3.8, 4) is 0 Å². The van der Waals surface area contributed by atoms with Crippen LogP contribution in [0.2, 0.25) is 0 Å². The number of hydrogen-bond acceptors (Lipinski definition) is 2. The Kier molecular flexibility index (Phi) is 4.89. The minimum absolute atomic E-state index is 0.0277. The fourth-order valence-corrected chi connectivity index (χ4v) is 2.84. The maximum Gasteiger partial charge on any atom is 0.227 e. The molecule has 1 aliphatic heterocycles. The summed E-state index contributed by atoms with van der Waals surface area (Å²) in [5.41, 5.74) is 2.81. The normalized spacial score (nSPS) is 16.2. The standard InChI is InChI=1S/C19H19FN2O2/c20-16-8-5-13(6-9-16)12-21-18(23)10-7-15-11-14-3-1-2-4-17(14)22-19(15)24/h1-6,8-9,15H,7,10-12H2,(H,21,23)(H,22,24). The largest absolute Gasteiger partial charge is 0.352 e. The van der Waals surface area contributed by atoms with Crippen LogP contribution in [0.1, 0.15) is 24.0 Å². The van der Waals surface area contributed by atoms with Gasteiger partial charge < -0.3 is 10.6 Å². The number of hydrogen-bond donors (Lipinski definition) is 2. The van der Waals surface area contributed by atoms with Gasteiger partial charge in [-0.2, -0.15) is 0 Å². The van der Waals surface area contributed by atoms with E-state index in [0.717, 1.165) is 16.8 Å². The van der Waals surface area contributed by atoms with Gasteiger partial charge in [-0.15, -0.1) is 0 Å². The van der Waals surface area contributed by atoms with Crippen molar-refractivity contribution < 1.29 is 14.0 Å². The molecular weight excluding hydrogens is 307 g/mol. The van der Waals surface area contributed by atoms with E-state index in [2.05, 4.69) is 10.6 Å². The molecule has 5 heteroatoms. The molecule has 0 bridgehead atoms. The predicted octanol–water partition coefficient (Wildman–Crippen LogP) is 3.03. The summed E-state index contributed by atoms with van der Waals surface area (Å²) < 4.78 is 12.8. The molecule has 0 saturated carbocycles. The summed E-state index contributed by atoms with van der Waals surface area (Å²) in [5.74, 6) is -0.615. The lowest BCUT2D eigenvalue weighted by atomic mass is 9.89. The van der Waals surface area contributed by atoms with Gasteiger partial charge in [-0.25, -0.2) is 4.39 Å². The molecule has 1 heterocycles. The third kappa shape index (κ3) is 3.98. The Labute approximate surface area is 140 Å². The van der Waals surface area contributed by atoms with Gasteiger partial charge in [0.15, 0.2) is 0 Å². The van der Waals surface area contributed by atoms with Crippen LogP contribution in [-0.4, -0.2) is 11.8 Å². The number of nitrogens with one attached hydrogen (secondary N) is 2. The molecule has 0 radical (unpaired) electrons. The second kappa shape index (κ2) is 7.25. The van der Waals surface area contributed by atoms with Gasteiger partial charge in [0.2, 0.25) is 11.8 Å². The lowest BCUT2D eigenvalue weighted by molar-refractivity contribution is -0.122. The Hall–Kier alpha value is -2.69. The van der Waals surface area contributed by atoms with Crippen molar-refractivity contribution >= 4 is 17.5 Å². The topological polar surface area (TPSA) is 58.2 Å². The van der Waals surface area contributed by atoms with E-state index in [1.165, 1.54) is 12.1 Å². The molecule has 2 N–H and O–H groups in total. The SMILES string of the molecule is O=C(CCC1Cc2ccccc2NC1=O)NCc1ccc(F)cc1. The highest BCUT2D eigenvalue weighted by molar-refractivity contribution is 5.96. The van der Waals surface area contributed by atoms with Gasteiger partial charge in [0, 0.05) is 24.6 Å². The van der Waals surface area contributed by atoms with Crippen LogP contribution in [0.25, 0.3) is 0 Å². The Morgan fingerprint density at radius 1 is 1.17 bits per heavy atom. The number of anilines is 1. The Morgan fingerprint density at radius 2 is 1.92 bits per heavy atom. The molecule has 24 heavy (non-hydrogen) atoms. The van der Waals surface area contributed by atoms with E-state index in [4.69, 9.17) is 0 Å². The van der Waals surface area contributed by atoms with Gasteiger partial charge in [0.25, 0.3) is 0 Å². The molecule has 0 fully saturated rings. The lowest BCUT2D eigenvalue weighted by Crippen LogP contribution is -2.31. The monoisotopic (exact) mass is 326 g/mol. The van der Waals surface area contributed by atoms with E-state index in [-0.39, 0.29) is 23.5 Å². The number of benzene rings is 2. The molecule has 4 nitrogen and oxygen atoms in total. The van der Waals surface area contributed by atoms with Crippen LogP contribution in [0.5, 0.6) is 0 Å². The maximum atomic E-state index is 12.8. The molecule has 0 aliphatic carbocycles. The molecule has 2 aromatic carbocycles. The molecular formula is C19H19FN2O2. The van der Waals surface area contributed by atoms with Gasteiger partial charge in [-0.3, -0.25) is 9.59 Å². The van der Waals surface area contributed by atoms with E-state index in [1.54, 1.807) is 12.1 Å². The first-order valence-electron chi connectivity index (χ1n) is 8.02. The van der Waals surface area contributed by atoms with Crippen LogP contribution in [0.3, 0.4) is 0 Å². The number of carbonyl (C=O) groups is 2. The molecule has 0 saturated heterocycles. The summed E-state index contributed by atoms with van der Waals surface area (Å²) in [6, 6.07) is 13.7. The molecule has 0 aromatic heterocycles. The van der Waals surface area contributed by atoms with E-state index in [0.29, 0.717) is 25.8 Å². The first-order chi connectivity index (χ1) is 11.6. The van der Waals surface area contributed by atoms with E-state index >= 15 is 0 Å². The van der Waals surface area contributed by atoms with Crippen LogP contribution >= 0.6 is 0 Å². The quantitative estimate of drug-likeness (QED) is 0.887. The minimum Gasteiger partial charge on any atom is -0.352 e. The third-order valence-corrected chi connectivity index (χ3v) is 4.24. The van der Waals surface area contributed by atoms with Gasteiger partial charge in [0.1, 0.15) is 5.82 Å². The minimum atomic E-state index is -0.298. The van der Waals surface area contributed by atoms with Crippen molar-refractivity contribution in [1.82, 2.24) is 5.32 Å². The van der Waals surface area contributed by atoms with Gasteiger partial charge in [0.05, 0.1) is 0 Å². The van der Waals surface area contributed by atoms with Crippen LogP contribution in [-0.2, 0) is 22.6 Å². The second-order valence-electron chi connectivity index (χ2n) is 5.99. The Balaban J connectivity index is 1.48. The summed E-state index contributed by atoms with van der Waals surface area (Å²) in [6.45, 7) is 0.360. The average molecular weight is 326 g/mol. The Morgan fingerprint density at radius 3 is 2.71 bits per heavy atom. The molecule has 1 aliphatic rings. The average Bonchev–Trinajstić information content (AvgIpc) is 2.59. The third-order valence-electron chi connectivity index (χ3n) is 4.24. The molecule has 1 atom stereocenters. The molecule has 0 spiro atoms. The summed E-state index contributed by atoms with van der Waals surface area (Å²) in [4.78, 5) is 24.1. The van der Waals surface area contributed by atoms with Crippen LogP contribution in [0.15, 0.2) is 48.5 Å². The highest BCUT2D eigenvalue weighted by Gasteiger charge is 2.26. The number of para-hydroxylation sites is 1. The van der Waals surface area contributed by atoms with Crippen molar-refractivity contribution in [2.75, 3.05) is 5.32 Å². The molecule has 124 valence electrons. The summed E-state index contributed by atoms with van der Waals surface area (Å²) in [5, 5.41) is 5.69. The van der Waals surface area contributed by atoms with E-state index < -0.39 is 0 Å². The van der Waals surface area contributed by atoms with Crippen LogP contribution in [0, 0.1) is 11.7 Å². The molecule has 3 rings (SSSR count). The van der Waals surface area contributed by atoms with Gasteiger partial charge in [-0.1, -0.05) is 30.3 Å². The molecule has 1 unspecified atom stereocenters. The van der Waals surface area contributed by atoms with Crippen LogP contribution in [0.4, 0.5) is 10.1 Å². The fraction of sp³-hybridized carbons (Fsp3) is 0.263. The smallest absolute Gasteiger partial charge is 0.227 e. The van der Waals surface area contributed by atoms with Crippen molar-refractivity contribution in [2.24, 2.45) is 5.92 Å². The predicted molar refractivity (Wildman–Crippen MR) is 89.7 cm³/mol. The zero-order chi connectivity index (χ0) is 16.9. The van der Waals surface area contributed by atoms with Crippen molar-refractivity contribution in [1.29, 1.82) is 0 Å². The highest BCUT2D eigenvalue weighted by Crippen LogP contribution is 2.27. The van der Waals surface area contributed by atoms with Crippen molar-refractivity contribution in [3.63, 3.8) is 0 Å². The zero-order valence-corrected chi connectivity index (χ0v) is 13.2. The maximum absolute atomic E-state index is 12.8. The van der Waals surface area contributed by atoms with Crippen molar-refractivity contribution in [3.05, 3.63) is 65.5 Å². The molecule has 2 amide bonds. The first kappa shape index (κ1) is 16.2. The van der Waals surface area contributed by atoms with Gasteiger partial charge >= 0.3 is 0 Å². The number of halogens is 1. The summed E-state index contributed by atoms with van der Waals surface area (Å²) >= 11 is 0. The summed E-state index contributed by atoms with van der Waals surface area (Å²) in [6.07, 6.45) is 1.46. The number of rotatable bonds is 5. The van der Waals surface area contributed by atoms with E-state index in [1.807, 2.05) is 24.3 Å². The number of carbonyl (C=O) groups excluding carboxylic acids is 2. The fourth-order valence-electron chi connectivity index (χ4n) is 2.84. The van der Waals surface area contributed by atoms with Crippen LogP contribution < -0.4 is 10.6 Å². The summed E-state index contributed by atoms with van der Waals surface area (Å²) in [7, 11) is 0. The second-order valence-corrected chi connectivity index (χ2v) is 5.99. The molecule has 2 aromatic rings. The highest BCUT2D eigenvalue weighted by atomic mass is 19.1. The zero-order valence-electron chi connectivity index (χ0n) is 13.2.